The minimum Gasteiger partial charge on any atom is -0.496 e. The molecule has 7 heteroatoms. The van der Waals surface area contributed by atoms with Crippen LogP contribution in [0.2, 0.25) is 0 Å². The number of hydrogen-bond donors (Lipinski definition) is 0. The van der Waals surface area contributed by atoms with Gasteiger partial charge in [-0.3, -0.25) is 4.79 Å². The van der Waals surface area contributed by atoms with Gasteiger partial charge in [-0.05, 0) is 29.8 Å². The Balaban J connectivity index is 1.86. The maximum Gasteiger partial charge on any atom is 0.291 e. The highest BCUT2D eigenvalue weighted by atomic mass is 79.9. The lowest BCUT2D eigenvalue weighted by atomic mass is 10.2. The van der Waals surface area contributed by atoms with Gasteiger partial charge in [-0.15, -0.1) is 5.10 Å². The summed E-state index contributed by atoms with van der Waals surface area (Å²) in [6.07, 6.45) is 1.84. The molecule has 2 aromatic heterocycles. The van der Waals surface area contributed by atoms with Crippen LogP contribution in [0, 0.1) is 0 Å². The van der Waals surface area contributed by atoms with Crippen LogP contribution >= 0.6 is 27.3 Å². The Kier molecular flexibility index (Phi) is 4.10. The van der Waals surface area contributed by atoms with Crippen molar-refractivity contribution in [3.63, 3.8) is 0 Å². The van der Waals surface area contributed by atoms with E-state index >= 15 is 0 Å². The zero-order chi connectivity index (χ0) is 17.4. The molecule has 0 aliphatic rings. The Morgan fingerprint density at radius 2 is 1.92 bits per heavy atom. The van der Waals surface area contributed by atoms with Gasteiger partial charge in [-0.2, -0.15) is 9.50 Å². The number of hydrogen-bond acceptors (Lipinski definition) is 5. The Bertz CT molecular complexity index is 1180. The standard InChI is InChI=1S/C18H12BrN3O2S/c1-24-14-9-5-3-7-12(14)16-20-18-22(21-16)17(23)15(25-18)10-11-6-2-4-8-13(11)19/h2-10H,1H3/b15-10+. The van der Waals surface area contributed by atoms with E-state index in [0.717, 1.165) is 15.6 Å². The molecule has 0 atom stereocenters. The van der Waals surface area contributed by atoms with Gasteiger partial charge in [0.05, 0.1) is 17.2 Å². The molecule has 2 aromatic carbocycles. The molecule has 0 N–H and O–H groups in total. The van der Waals surface area contributed by atoms with Crippen molar-refractivity contribution in [2.45, 2.75) is 0 Å². The summed E-state index contributed by atoms with van der Waals surface area (Å²) in [7, 11) is 1.60. The zero-order valence-electron chi connectivity index (χ0n) is 13.1. The molecule has 2 heterocycles. The fourth-order valence-corrected chi connectivity index (χ4v) is 3.81. The molecular formula is C18H12BrN3O2S. The Labute approximate surface area is 155 Å². The molecule has 0 spiro atoms. The normalized spacial score (nSPS) is 12.0. The summed E-state index contributed by atoms with van der Waals surface area (Å²) in [5, 5.41) is 4.37. The number of fused-ring (bicyclic) bond motifs is 1. The first-order valence-corrected chi connectivity index (χ1v) is 9.07. The third kappa shape index (κ3) is 2.85. The van der Waals surface area contributed by atoms with E-state index in [4.69, 9.17) is 4.74 Å². The molecule has 0 unspecified atom stereocenters. The lowest BCUT2D eigenvalue weighted by Crippen LogP contribution is -2.23. The first kappa shape index (κ1) is 16.0. The summed E-state index contributed by atoms with van der Waals surface area (Å²) in [6, 6.07) is 15.2. The number of thiazole rings is 1. The topological polar surface area (TPSA) is 56.5 Å². The molecule has 0 radical (unpaired) electrons. The van der Waals surface area contributed by atoms with Gasteiger partial charge in [-0.1, -0.05) is 57.6 Å². The molecule has 0 bridgehead atoms. The summed E-state index contributed by atoms with van der Waals surface area (Å²) in [4.78, 5) is 17.7. The van der Waals surface area contributed by atoms with E-state index in [0.29, 0.717) is 21.1 Å². The Morgan fingerprint density at radius 1 is 1.16 bits per heavy atom. The van der Waals surface area contributed by atoms with Crippen molar-refractivity contribution in [1.29, 1.82) is 0 Å². The third-order valence-electron chi connectivity index (χ3n) is 3.72. The van der Waals surface area contributed by atoms with Crippen molar-refractivity contribution >= 4 is 38.3 Å². The van der Waals surface area contributed by atoms with Gasteiger partial charge in [0.1, 0.15) is 5.75 Å². The highest BCUT2D eigenvalue weighted by Crippen LogP contribution is 2.27. The van der Waals surface area contributed by atoms with Crippen molar-refractivity contribution in [3.05, 3.63) is 73.5 Å². The first-order chi connectivity index (χ1) is 12.2. The number of nitrogens with zero attached hydrogens (tertiary/aromatic N) is 3. The van der Waals surface area contributed by atoms with Crippen LogP contribution < -0.4 is 14.8 Å². The molecule has 0 aliphatic heterocycles. The van der Waals surface area contributed by atoms with E-state index in [2.05, 4.69) is 26.0 Å². The van der Waals surface area contributed by atoms with Gasteiger partial charge < -0.3 is 4.74 Å². The van der Waals surface area contributed by atoms with E-state index in [1.807, 2.05) is 54.6 Å². The van der Waals surface area contributed by atoms with Crippen LogP contribution in [-0.2, 0) is 0 Å². The van der Waals surface area contributed by atoms with E-state index in [9.17, 15) is 4.79 Å². The third-order valence-corrected chi connectivity index (χ3v) is 5.40. The Morgan fingerprint density at radius 3 is 2.68 bits per heavy atom. The van der Waals surface area contributed by atoms with Gasteiger partial charge in [-0.25, -0.2) is 0 Å². The monoisotopic (exact) mass is 413 g/mol. The predicted octanol–water partition coefficient (Wildman–Crippen LogP) is 3.14. The van der Waals surface area contributed by atoms with E-state index < -0.39 is 0 Å². The second kappa shape index (κ2) is 6.42. The number of ether oxygens (including phenoxy) is 1. The lowest BCUT2D eigenvalue weighted by Gasteiger charge is -2.03. The molecule has 5 nitrogen and oxygen atoms in total. The molecular weight excluding hydrogens is 402 g/mol. The van der Waals surface area contributed by atoms with Crippen LogP contribution in [-0.4, -0.2) is 21.7 Å². The van der Waals surface area contributed by atoms with Crippen LogP contribution in [0.1, 0.15) is 5.56 Å². The number of methoxy groups -OCH3 is 1. The maximum atomic E-state index is 12.6. The molecule has 124 valence electrons. The second-order valence-corrected chi connectivity index (χ2v) is 7.13. The van der Waals surface area contributed by atoms with Crippen molar-refractivity contribution in [2.24, 2.45) is 0 Å². The lowest BCUT2D eigenvalue weighted by molar-refractivity contribution is 0.416. The van der Waals surface area contributed by atoms with Crippen molar-refractivity contribution in [2.75, 3.05) is 7.11 Å². The molecule has 4 aromatic rings. The van der Waals surface area contributed by atoms with Gasteiger partial charge in [0.15, 0.2) is 5.82 Å². The van der Waals surface area contributed by atoms with Crippen LogP contribution in [0.3, 0.4) is 0 Å². The number of rotatable bonds is 3. The fourth-order valence-electron chi connectivity index (χ4n) is 2.51. The van der Waals surface area contributed by atoms with Gasteiger partial charge in [0, 0.05) is 4.47 Å². The summed E-state index contributed by atoms with van der Waals surface area (Å²) in [5.74, 6) is 1.15. The van der Waals surface area contributed by atoms with E-state index in [1.165, 1.54) is 15.9 Å². The highest BCUT2D eigenvalue weighted by molar-refractivity contribution is 9.10. The van der Waals surface area contributed by atoms with E-state index in [-0.39, 0.29) is 5.56 Å². The number of para-hydroxylation sites is 1. The molecule has 25 heavy (non-hydrogen) atoms. The van der Waals surface area contributed by atoms with Crippen LogP contribution in [0.4, 0.5) is 0 Å². The van der Waals surface area contributed by atoms with Crippen molar-refractivity contribution < 1.29 is 4.74 Å². The largest absolute Gasteiger partial charge is 0.496 e. The van der Waals surface area contributed by atoms with Crippen molar-refractivity contribution in [1.82, 2.24) is 14.6 Å². The molecule has 0 saturated heterocycles. The second-order valence-electron chi connectivity index (χ2n) is 5.27. The fraction of sp³-hybridized carbons (Fsp3) is 0.0556. The van der Waals surface area contributed by atoms with Gasteiger partial charge >= 0.3 is 0 Å². The maximum absolute atomic E-state index is 12.6. The predicted molar refractivity (Wildman–Crippen MR) is 102 cm³/mol. The quantitative estimate of drug-likeness (QED) is 0.517. The molecule has 0 saturated carbocycles. The zero-order valence-corrected chi connectivity index (χ0v) is 15.5. The minimum absolute atomic E-state index is 0.176. The summed E-state index contributed by atoms with van der Waals surface area (Å²) < 4.78 is 8.21. The van der Waals surface area contributed by atoms with Crippen LogP contribution in [0.15, 0.2) is 57.8 Å². The van der Waals surface area contributed by atoms with Crippen LogP contribution in [0.5, 0.6) is 5.75 Å². The smallest absolute Gasteiger partial charge is 0.291 e. The molecule has 0 amide bonds. The van der Waals surface area contributed by atoms with Gasteiger partial charge in [0.25, 0.3) is 5.56 Å². The SMILES string of the molecule is COc1ccccc1-c1nc2s/c(=C/c3ccccc3Br)c(=O)n2n1. The van der Waals surface area contributed by atoms with Crippen molar-refractivity contribution in [3.8, 4) is 17.1 Å². The summed E-state index contributed by atoms with van der Waals surface area (Å²) in [5.41, 5.74) is 1.52. The number of aromatic nitrogens is 3. The molecule has 0 fully saturated rings. The first-order valence-electron chi connectivity index (χ1n) is 7.46. The highest BCUT2D eigenvalue weighted by Gasteiger charge is 2.14. The van der Waals surface area contributed by atoms with Crippen LogP contribution in [0.25, 0.3) is 22.4 Å². The average Bonchev–Trinajstić information content (AvgIpc) is 3.17. The molecule has 0 aliphatic carbocycles. The molecule has 4 rings (SSSR count). The number of halogens is 1. The Hall–Kier alpha value is -2.51. The average molecular weight is 414 g/mol. The summed E-state index contributed by atoms with van der Waals surface area (Å²) >= 11 is 4.81. The number of benzene rings is 2. The van der Waals surface area contributed by atoms with Gasteiger partial charge in [0.2, 0.25) is 4.96 Å². The minimum atomic E-state index is -0.176. The summed E-state index contributed by atoms with van der Waals surface area (Å²) in [6.45, 7) is 0. The van der Waals surface area contributed by atoms with E-state index in [1.54, 1.807) is 7.11 Å².